The van der Waals surface area contributed by atoms with E-state index >= 15 is 0 Å². The number of Topliss-reactive ketones (excluding diaryl/α,β-unsaturated/α-hetero) is 1. The fourth-order valence-electron chi connectivity index (χ4n) is 1.78. The molecule has 4 heteroatoms. The molecule has 1 aromatic heterocycles. The monoisotopic (exact) mass is 265 g/mol. The molecule has 0 aliphatic heterocycles. The maximum Gasteiger partial charge on any atom is 0.178 e. The molecule has 18 heavy (non-hydrogen) atoms. The molecule has 0 amide bonds. The maximum absolute atomic E-state index is 11.4. The van der Waals surface area contributed by atoms with E-state index in [9.17, 15) is 4.79 Å². The maximum atomic E-state index is 11.4. The number of carbonyl (C=O) groups excluding carboxylic acids is 1. The van der Waals surface area contributed by atoms with Gasteiger partial charge >= 0.3 is 0 Å². The highest BCUT2D eigenvalue weighted by atomic mass is 28.3. The molecular formula is C14H23NO2Si. The highest BCUT2D eigenvalue weighted by Gasteiger charge is 2.29. The summed E-state index contributed by atoms with van der Waals surface area (Å²) in [5.41, 5.74) is 1.34. The topological polar surface area (TPSA) is 39.2 Å². The van der Waals surface area contributed by atoms with Crippen LogP contribution in [0.2, 0.25) is 13.1 Å². The van der Waals surface area contributed by atoms with E-state index in [4.69, 9.17) is 4.43 Å². The lowest BCUT2D eigenvalue weighted by Crippen LogP contribution is -2.27. The lowest BCUT2D eigenvalue weighted by molar-refractivity contribution is 0.0821. The number of ketones is 1. The minimum atomic E-state index is -1.16. The molecule has 0 radical (unpaired) electrons. The third kappa shape index (κ3) is 4.03. The van der Waals surface area contributed by atoms with E-state index < -0.39 is 9.04 Å². The van der Waals surface area contributed by atoms with Crippen molar-refractivity contribution in [3.63, 3.8) is 0 Å². The molecule has 0 N–H and O–H groups in total. The molecule has 0 fully saturated rings. The van der Waals surface area contributed by atoms with E-state index in [2.05, 4.69) is 38.8 Å². The second kappa shape index (κ2) is 5.76. The fraction of sp³-hybridized carbons (Fsp3) is 0.571. The lowest BCUT2D eigenvalue weighted by Gasteiger charge is -2.32. The van der Waals surface area contributed by atoms with Crippen LogP contribution in [0, 0.1) is 5.41 Å². The van der Waals surface area contributed by atoms with Crippen LogP contribution in [0.1, 0.15) is 50.0 Å². The van der Waals surface area contributed by atoms with Crippen LogP contribution >= 0.6 is 0 Å². The molecule has 1 rings (SSSR count). The van der Waals surface area contributed by atoms with Crippen molar-refractivity contribution in [2.75, 3.05) is 0 Å². The van der Waals surface area contributed by atoms with Gasteiger partial charge in [0.15, 0.2) is 14.8 Å². The normalized spacial score (nSPS) is 13.7. The van der Waals surface area contributed by atoms with Gasteiger partial charge in [0, 0.05) is 6.92 Å². The fourth-order valence-corrected chi connectivity index (χ4v) is 2.88. The first-order chi connectivity index (χ1) is 8.21. The third-order valence-corrected chi connectivity index (χ3v) is 3.41. The first-order valence-corrected chi connectivity index (χ1v) is 9.13. The van der Waals surface area contributed by atoms with Crippen LogP contribution in [0.15, 0.2) is 18.2 Å². The van der Waals surface area contributed by atoms with E-state index in [1.807, 2.05) is 12.1 Å². The van der Waals surface area contributed by atoms with Crippen molar-refractivity contribution in [2.24, 2.45) is 5.41 Å². The van der Waals surface area contributed by atoms with Crippen LogP contribution in [-0.2, 0) is 4.43 Å². The number of carbonyl (C=O) groups is 1. The average Bonchev–Trinajstić information content (AvgIpc) is 2.24. The highest BCUT2D eigenvalue weighted by Crippen LogP contribution is 2.35. The number of hydrogen-bond donors (Lipinski definition) is 0. The number of rotatable bonds is 4. The Bertz CT molecular complexity index is 424. The van der Waals surface area contributed by atoms with Crippen LogP contribution in [0.4, 0.5) is 0 Å². The Morgan fingerprint density at radius 1 is 1.33 bits per heavy atom. The van der Waals surface area contributed by atoms with Gasteiger partial charge < -0.3 is 4.43 Å². The van der Waals surface area contributed by atoms with Crippen molar-refractivity contribution < 1.29 is 9.22 Å². The molecule has 1 aromatic rings. The molecular weight excluding hydrogens is 242 g/mol. The Morgan fingerprint density at radius 2 is 1.94 bits per heavy atom. The molecule has 0 aliphatic rings. The Kier molecular flexibility index (Phi) is 4.82. The quantitative estimate of drug-likeness (QED) is 0.619. The molecule has 0 spiro atoms. The Balaban J connectivity index is 3.13. The minimum Gasteiger partial charge on any atom is -0.412 e. The first kappa shape index (κ1) is 15.1. The van der Waals surface area contributed by atoms with E-state index in [-0.39, 0.29) is 17.3 Å². The summed E-state index contributed by atoms with van der Waals surface area (Å²) in [6, 6.07) is 5.57. The summed E-state index contributed by atoms with van der Waals surface area (Å²) in [7, 11) is -1.16. The standard InChI is InChI=1S/C14H23NO2Si/c1-10(16)11-8-7-9-12(15-11)13(14(2,3)4)17-18(5)6/h7-9,13,18H,1-6H3. The molecule has 100 valence electrons. The Morgan fingerprint density at radius 3 is 2.39 bits per heavy atom. The number of hydrogen-bond acceptors (Lipinski definition) is 3. The summed E-state index contributed by atoms with van der Waals surface area (Å²) in [6.45, 7) is 12.2. The van der Waals surface area contributed by atoms with Gasteiger partial charge in [0.25, 0.3) is 0 Å². The Hall–Kier alpha value is -1.00. The van der Waals surface area contributed by atoms with Crippen molar-refractivity contribution in [3.05, 3.63) is 29.6 Å². The van der Waals surface area contributed by atoms with E-state index in [0.29, 0.717) is 5.69 Å². The van der Waals surface area contributed by atoms with Crippen molar-refractivity contribution >= 4 is 14.8 Å². The zero-order chi connectivity index (χ0) is 13.9. The van der Waals surface area contributed by atoms with Crippen LogP contribution in [-0.4, -0.2) is 19.8 Å². The second-order valence-electron chi connectivity index (χ2n) is 5.93. The summed E-state index contributed by atoms with van der Waals surface area (Å²) >= 11 is 0. The van der Waals surface area contributed by atoms with Gasteiger partial charge in [0.1, 0.15) is 5.69 Å². The third-order valence-electron chi connectivity index (χ3n) is 2.59. The summed E-state index contributed by atoms with van der Waals surface area (Å²) in [5.74, 6) is -0.00805. The van der Waals surface area contributed by atoms with Crippen LogP contribution in [0.5, 0.6) is 0 Å². The largest absolute Gasteiger partial charge is 0.412 e. The van der Waals surface area contributed by atoms with Gasteiger partial charge in [-0.25, -0.2) is 4.98 Å². The Labute approximate surface area is 111 Å². The highest BCUT2D eigenvalue weighted by molar-refractivity contribution is 6.48. The van der Waals surface area contributed by atoms with Gasteiger partial charge in [-0.2, -0.15) is 0 Å². The van der Waals surface area contributed by atoms with Gasteiger partial charge in [-0.15, -0.1) is 0 Å². The molecule has 0 aromatic carbocycles. The van der Waals surface area contributed by atoms with Crippen molar-refractivity contribution in [2.45, 2.75) is 46.9 Å². The van der Waals surface area contributed by atoms with E-state index in [0.717, 1.165) is 5.69 Å². The van der Waals surface area contributed by atoms with Crippen molar-refractivity contribution in [1.82, 2.24) is 4.98 Å². The van der Waals surface area contributed by atoms with Crippen molar-refractivity contribution in [1.29, 1.82) is 0 Å². The van der Waals surface area contributed by atoms with Gasteiger partial charge in [-0.05, 0) is 30.6 Å². The SMILES string of the molecule is CC(=O)c1cccc(C(O[SiH](C)C)C(C)(C)C)n1. The summed E-state index contributed by atoms with van der Waals surface area (Å²) in [5, 5.41) is 0. The zero-order valence-electron chi connectivity index (χ0n) is 12.2. The van der Waals surface area contributed by atoms with Crippen LogP contribution in [0.3, 0.4) is 0 Å². The van der Waals surface area contributed by atoms with Gasteiger partial charge in [-0.1, -0.05) is 26.8 Å². The minimum absolute atomic E-state index is 0.00805. The summed E-state index contributed by atoms with van der Waals surface area (Å²) in [6.07, 6.45) is -0.0523. The van der Waals surface area contributed by atoms with E-state index in [1.165, 1.54) is 6.92 Å². The molecule has 0 saturated heterocycles. The number of pyridine rings is 1. The van der Waals surface area contributed by atoms with E-state index in [1.54, 1.807) is 6.07 Å². The van der Waals surface area contributed by atoms with Crippen LogP contribution in [0.25, 0.3) is 0 Å². The first-order valence-electron chi connectivity index (χ1n) is 6.35. The molecule has 1 atom stereocenters. The molecule has 0 aliphatic carbocycles. The average molecular weight is 265 g/mol. The van der Waals surface area contributed by atoms with Gasteiger partial charge in [0.05, 0.1) is 11.8 Å². The van der Waals surface area contributed by atoms with Crippen molar-refractivity contribution in [3.8, 4) is 0 Å². The lowest BCUT2D eigenvalue weighted by atomic mass is 9.87. The zero-order valence-corrected chi connectivity index (χ0v) is 13.3. The number of aromatic nitrogens is 1. The number of nitrogens with zero attached hydrogens (tertiary/aromatic N) is 1. The van der Waals surface area contributed by atoms with Gasteiger partial charge in [-0.3, -0.25) is 4.79 Å². The molecule has 0 saturated carbocycles. The molecule has 1 heterocycles. The summed E-state index contributed by atoms with van der Waals surface area (Å²) in [4.78, 5) is 15.8. The summed E-state index contributed by atoms with van der Waals surface area (Å²) < 4.78 is 6.10. The predicted octanol–water partition coefficient (Wildman–Crippen LogP) is 3.37. The van der Waals surface area contributed by atoms with Crippen LogP contribution < -0.4 is 0 Å². The smallest absolute Gasteiger partial charge is 0.178 e. The molecule has 3 nitrogen and oxygen atoms in total. The van der Waals surface area contributed by atoms with Gasteiger partial charge in [0.2, 0.25) is 0 Å². The second-order valence-corrected chi connectivity index (χ2v) is 8.30. The molecule has 1 unspecified atom stereocenters. The molecule has 0 bridgehead atoms. The predicted molar refractivity (Wildman–Crippen MR) is 76.4 cm³/mol.